The van der Waals surface area contributed by atoms with Crippen LogP contribution in [0.25, 0.3) is 0 Å². The second-order valence-electron chi connectivity index (χ2n) is 6.28. The molecule has 0 aromatic rings. The van der Waals surface area contributed by atoms with Gasteiger partial charge in [0.15, 0.2) is 0 Å². The summed E-state index contributed by atoms with van der Waals surface area (Å²) in [4.78, 5) is 0. The van der Waals surface area contributed by atoms with Crippen molar-refractivity contribution in [2.24, 2.45) is 0 Å². The molecule has 3 unspecified atom stereocenters. The first kappa shape index (κ1) is 16.2. The Balaban J connectivity index is 2.22. The van der Waals surface area contributed by atoms with Crippen LogP contribution in [0, 0.1) is 0 Å². The van der Waals surface area contributed by atoms with Crippen LogP contribution in [0.15, 0.2) is 0 Å². The smallest absolute Gasteiger partial charge is 0.282 e. The van der Waals surface area contributed by atoms with E-state index in [1.54, 1.807) is 8.61 Å². The van der Waals surface area contributed by atoms with E-state index in [9.17, 15) is 8.42 Å². The summed E-state index contributed by atoms with van der Waals surface area (Å²) < 4.78 is 29.7. The highest BCUT2D eigenvalue weighted by Crippen LogP contribution is 2.30. The molecule has 118 valence electrons. The summed E-state index contributed by atoms with van der Waals surface area (Å²) in [5, 5.41) is 3.14. The van der Waals surface area contributed by atoms with Gasteiger partial charge in [0, 0.05) is 31.2 Å². The first-order chi connectivity index (χ1) is 9.48. The molecule has 2 rings (SSSR count). The van der Waals surface area contributed by atoms with Gasteiger partial charge in [-0.3, -0.25) is 0 Å². The lowest BCUT2D eigenvalue weighted by Gasteiger charge is -2.44. The maximum absolute atomic E-state index is 13.1. The van der Waals surface area contributed by atoms with Crippen molar-refractivity contribution >= 4 is 10.2 Å². The summed E-state index contributed by atoms with van der Waals surface area (Å²) in [6.07, 6.45) is 6.17. The SMILES string of the molecule is CNCC1CCCCN1S(=O)(=O)N1C(C)CCCC1C. The van der Waals surface area contributed by atoms with Crippen molar-refractivity contribution in [3.8, 4) is 0 Å². The van der Waals surface area contributed by atoms with E-state index < -0.39 is 10.2 Å². The van der Waals surface area contributed by atoms with E-state index in [0.29, 0.717) is 6.54 Å². The monoisotopic (exact) mass is 303 g/mol. The first-order valence-electron chi connectivity index (χ1n) is 7.93. The largest absolute Gasteiger partial charge is 0.318 e. The predicted molar refractivity (Wildman–Crippen MR) is 81.8 cm³/mol. The van der Waals surface area contributed by atoms with E-state index in [1.165, 1.54) is 0 Å². The lowest BCUT2D eigenvalue weighted by molar-refractivity contribution is 0.167. The van der Waals surface area contributed by atoms with E-state index in [0.717, 1.165) is 45.1 Å². The molecule has 6 heteroatoms. The van der Waals surface area contributed by atoms with Crippen LogP contribution < -0.4 is 5.32 Å². The number of hydrogen-bond acceptors (Lipinski definition) is 3. The van der Waals surface area contributed by atoms with Gasteiger partial charge in [0.2, 0.25) is 0 Å². The van der Waals surface area contributed by atoms with Gasteiger partial charge in [-0.15, -0.1) is 0 Å². The molecule has 0 saturated carbocycles. The maximum atomic E-state index is 13.1. The molecule has 1 N–H and O–H groups in total. The Kier molecular flexibility index (Phi) is 5.45. The molecule has 2 heterocycles. The molecule has 0 aromatic heterocycles. The van der Waals surface area contributed by atoms with Crippen LogP contribution in [0.2, 0.25) is 0 Å². The van der Waals surface area contributed by atoms with Crippen molar-refractivity contribution in [3.05, 3.63) is 0 Å². The fourth-order valence-electron chi connectivity index (χ4n) is 3.69. The Morgan fingerprint density at radius 2 is 1.70 bits per heavy atom. The zero-order valence-corrected chi connectivity index (χ0v) is 13.8. The molecule has 0 aromatic carbocycles. The standard InChI is InChI=1S/C14H29N3O2S/c1-12-7-6-8-13(2)17(12)20(18,19)16-10-5-4-9-14(16)11-15-3/h12-15H,4-11H2,1-3H3. The lowest BCUT2D eigenvalue weighted by Crippen LogP contribution is -2.58. The minimum Gasteiger partial charge on any atom is -0.318 e. The topological polar surface area (TPSA) is 52.7 Å². The molecule has 5 nitrogen and oxygen atoms in total. The summed E-state index contributed by atoms with van der Waals surface area (Å²) in [5.74, 6) is 0. The van der Waals surface area contributed by atoms with E-state index in [2.05, 4.69) is 5.32 Å². The molecule has 0 bridgehead atoms. The Morgan fingerprint density at radius 3 is 2.30 bits per heavy atom. The Labute approximate surface area is 123 Å². The van der Waals surface area contributed by atoms with Gasteiger partial charge in [-0.05, 0) is 46.6 Å². The highest BCUT2D eigenvalue weighted by atomic mass is 32.2. The van der Waals surface area contributed by atoms with Crippen molar-refractivity contribution in [1.82, 2.24) is 13.9 Å². The number of likely N-dealkylation sites (N-methyl/N-ethyl adjacent to an activating group) is 1. The van der Waals surface area contributed by atoms with Crippen LogP contribution in [0.1, 0.15) is 52.4 Å². The summed E-state index contributed by atoms with van der Waals surface area (Å²) in [6.45, 7) is 5.51. The quantitative estimate of drug-likeness (QED) is 0.857. The van der Waals surface area contributed by atoms with Gasteiger partial charge >= 0.3 is 0 Å². The Morgan fingerprint density at radius 1 is 1.05 bits per heavy atom. The molecule has 20 heavy (non-hydrogen) atoms. The van der Waals surface area contributed by atoms with Crippen molar-refractivity contribution in [2.75, 3.05) is 20.1 Å². The van der Waals surface area contributed by atoms with Crippen LogP contribution >= 0.6 is 0 Å². The Bertz CT molecular complexity index is 401. The van der Waals surface area contributed by atoms with Crippen molar-refractivity contribution in [3.63, 3.8) is 0 Å². The summed E-state index contributed by atoms with van der Waals surface area (Å²) in [6, 6.07) is 0.363. The zero-order valence-electron chi connectivity index (χ0n) is 13.0. The van der Waals surface area contributed by atoms with Crippen molar-refractivity contribution < 1.29 is 8.42 Å². The van der Waals surface area contributed by atoms with Crippen LogP contribution in [0.5, 0.6) is 0 Å². The number of hydrogen-bond donors (Lipinski definition) is 1. The minimum absolute atomic E-state index is 0.111. The molecule has 0 aliphatic carbocycles. The number of nitrogens with zero attached hydrogens (tertiary/aromatic N) is 2. The van der Waals surface area contributed by atoms with E-state index in [1.807, 2.05) is 20.9 Å². The second-order valence-corrected chi connectivity index (χ2v) is 8.07. The normalized spacial score (nSPS) is 34.2. The van der Waals surface area contributed by atoms with Gasteiger partial charge in [0.05, 0.1) is 0 Å². The van der Waals surface area contributed by atoms with Crippen molar-refractivity contribution in [2.45, 2.75) is 70.5 Å². The molecular weight excluding hydrogens is 274 g/mol. The predicted octanol–water partition coefficient (Wildman–Crippen LogP) is 1.57. The number of rotatable bonds is 4. The van der Waals surface area contributed by atoms with Crippen LogP contribution in [0.4, 0.5) is 0 Å². The van der Waals surface area contributed by atoms with E-state index in [-0.39, 0.29) is 18.1 Å². The van der Waals surface area contributed by atoms with Gasteiger partial charge < -0.3 is 5.32 Å². The van der Waals surface area contributed by atoms with Crippen LogP contribution in [0.3, 0.4) is 0 Å². The third-order valence-electron chi connectivity index (χ3n) is 4.69. The number of nitrogens with one attached hydrogen (secondary N) is 1. The molecule has 0 radical (unpaired) electrons. The fraction of sp³-hybridized carbons (Fsp3) is 1.00. The van der Waals surface area contributed by atoms with Crippen LogP contribution in [-0.4, -0.2) is 55.3 Å². The van der Waals surface area contributed by atoms with Crippen molar-refractivity contribution in [1.29, 1.82) is 0 Å². The molecule has 2 saturated heterocycles. The molecule has 0 spiro atoms. The maximum Gasteiger partial charge on any atom is 0.282 e. The lowest BCUT2D eigenvalue weighted by atomic mass is 10.0. The van der Waals surface area contributed by atoms with Gasteiger partial charge in [-0.2, -0.15) is 17.0 Å². The summed E-state index contributed by atoms with van der Waals surface area (Å²) in [7, 11) is -1.43. The highest BCUT2D eigenvalue weighted by Gasteiger charge is 2.41. The molecule has 2 aliphatic heterocycles. The van der Waals surface area contributed by atoms with Gasteiger partial charge in [-0.1, -0.05) is 12.8 Å². The third kappa shape index (κ3) is 3.18. The van der Waals surface area contributed by atoms with Gasteiger partial charge in [-0.25, -0.2) is 0 Å². The zero-order chi connectivity index (χ0) is 14.8. The van der Waals surface area contributed by atoms with E-state index >= 15 is 0 Å². The molecule has 0 amide bonds. The van der Waals surface area contributed by atoms with E-state index in [4.69, 9.17) is 0 Å². The summed E-state index contributed by atoms with van der Waals surface area (Å²) >= 11 is 0. The molecule has 3 atom stereocenters. The minimum atomic E-state index is -3.33. The second kappa shape index (κ2) is 6.73. The average molecular weight is 303 g/mol. The fourth-order valence-corrected chi connectivity index (χ4v) is 5.97. The van der Waals surface area contributed by atoms with Crippen LogP contribution in [-0.2, 0) is 10.2 Å². The first-order valence-corrected chi connectivity index (χ1v) is 9.33. The molecule has 2 fully saturated rings. The summed E-state index contributed by atoms with van der Waals surface area (Å²) in [5.41, 5.74) is 0. The third-order valence-corrected chi connectivity index (χ3v) is 7.01. The highest BCUT2D eigenvalue weighted by molar-refractivity contribution is 7.86. The Hall–Kier alpha value is -0.170. The van der Waals surface area contributed by atoms with Gasteiger partial charge in [0.25, 0.3) is 10.2 Å². The molecular formula is C14H29N3O2S. The van der Waals surface area contributed by atoms with Gasteiger partial charge in [0.1, 0.15) is 0 Å². The number of piperidine rings is 2. The molecule has 2 aliphatic rings. The average Bonchev–Trinajstić information content (AvgIpc) is 2.39.